The molecule has 0 spiro atoms. The molecule has 0 atom stereocenters. The first-order valence-corrected chi connectivity index (χ1v) is 14.9. The number of rotatable bonds is 7. The Bertz CT molecular complexity index is 191. The molecule has 0 aromatic heterocycles. The zero-order chi connectivity index (χ0) is 12.8. The van der Waals surface area contributed by atoms with Crippen LogP contribution in [0, 0.1) is 11.8 Å². The Balaban J connectivity index is 4.19. The molecule has 0 aliphatic carbocycles. The molecule has 0 aromatic carbocycles. The molecule has 0 N–H and O–H groups in total. The van der Waals surface area contributed by atoms with Crippen molar-refractivity contribution in [1.29, 1.82) is 0 Å². The second-order valence-corrected chi connectivity index (χ2v) is 18.1. The molecule has 97 valence electrons. The van der Waals surface area contributed by atoms with E-state index in [1.54, 1.807) is 0 Å². The predicted molar refractivity (Wildman–Crippen MR) is 82.3 cm³/mol. The van der Waals surface area contributed by atoms with E-state index in [2.05, 4.69) is 57.5 Å². The molecule has 1 radical (unpaired) electrons. The maximum absolute atomic E-state index is 2.67. The molecule has 0 aliphatic rings. The summed E-state index contributed by atoms with van der Waals surface area (Å²) in [7, 11) is -0.864. The van der Waals surface area contributed by atoms with Crippen LogP contribution in [0.2, 0.25) is 34.6 Å². The van der Waals surface area contributed by atoms with Crippen LogP contribution in [0.5, 0.6) is 0 Å². The fourth-order valence-corrected chi connectivity index (χ4v) is 9.89. The van der Waals surface area contributed by atoms with Crippen LogP contribution in [0.4, 0.5) is 0 Å². The second kappa shape index (κ2) is 7.96. The first-order chi connectivity index (χ1) is 7.20. The van der Waals surface area contributed by atoms with Crippen molar-refractivity contribution in [3.63, 3.8) is 0 Å². The molecule has 0 aliphatic heterocycles. The summed E-state index contributed by atoms with van der Waals surface area (Å²) in [6, 6.07) is 1.38. The Kier molecular flexibility index (Phi) is 8.33. The minimum atomic E-state index is -0.911. The van der Waals surface area contributed by atoms with Crippen LogP contribution in [0.15, 0.2) is 10.2 Å². The molecule has 0 amide bonds. The van der Waals surface area contributed by atoms with Gasteiger partial charge in [0.2, 0.25) is 0 Å². The van der Waals surface area contributed by atoms with E-state index in [-0.39, 0.29) is 0 Å². The summed E-state index contributed by atoms with van der Waals surface area (Å²) in [6.45, 7) is 16.9. The van der Waals surface area contributed by atoms with Gasteiger partial charge in [-0.05, 0) is 0 Å². The zero-order valence-corrected chi connectivity index (χ0v) is 15.7. The Morgan fingerprint density at radius 1 is 0.938 bits per heavy atom. The van der Waals surface area contributed by atoms with Gasteiger partial charge in [0.25, 0.3) is 0 Å². The van der Waals surface area contributed by atoms with Crippen molar-refractivity contribution < 1.29 is 0 Å². The fourth-order valence-electron chi connectivity index (χ4n) is 1.57. The Labute approximate surface area is 112 Å². The number of allylic oxidation sites excluding steroid dienone is 1. The van der Waals surface area contributed by atoms with Gasteiger partial charge in [0.05, 0.1) is 0 Å². The van der Waals surface area contributed by atoms with Crippen LogP contribution < -0.4 is 0 Å². The van der Waals surface area contributed by atoms with Gasteiger partial charge in [0.15, 0.2) is 0 Å². The summed E-state index contributed by atoms with van der Waals surface area (Å²) in [4.78, 5) is 0. The monoisotopic (exact) mass is 357 g/mol. The van der Waals surface area contributed by atoms with Gasteiger partial charge in [-0.25, -0.2) is 0 Å². The summed E-state index contributed by atoms with van der Waals surface area (Å²) in [5, 5.41) is 0. The van der Waals surface area contributed by atoms with Crippen molar-refractivity contribution in [1.82, 2.24) is 0 Å². The minimum absolute atomic E-state index is 0.864. The molecule has 2 heteroatoms. The number of hydrogen-bond donors (Lipinski definition) is 0. The normalized spacial score (nSPS) is 13.6. The Hall–Kier alpha value is 0.746. The van der Waals surface area contributed by atoms with Crippen LogP contribution >= 0.6 is 0 Å². The average Bonchev–Trinajstić information content (AvgIpc) is 1.98. The van der Waals surface area contributed by atoms with E-state index in [0.29, 0.717) is 0 Å². The first-order valence-electron chi connectivity index (χ1n) is 6.53. The average molecular weight is 355 g/mol. The molecule has 0 aromatic rings. The quantitative estimate of drug-likeness (QED) is 0.549. The number of hydrogen-bond acceptors (Lipinski definition) is 0. The second-order valence-electron chi connectivity index (χ2n) is 6.80. The van der Waals surface area contributed by atoms with Crippen LogP contribution in [0.1, 0.15) is 27.7 Å². The van der Waals surface area contributed by atoms with E-state index in [4.69, 9.17) is 0 Å². The summed E-state index contributed by atoms with van der Waals surface area (Å²) < 4.78 is 5.70. The Morgan fingerprint density at radius 3 is 1.69 bits per heavy atom. The molecule has 0 heterocycles. The van der Waals surface area contributed by atoms with Crippen LogP contribution in [0.25, 0.3) is 0 Å². The topological polar surface area (TPSA) is 0 Å². The SMILES string of the molecule is CC(C)C[Te](C=CC[Si](C)(C)C)CC(C)C. The molecule has 0 bridgehead atoms. The van der Waals surface area contributed by atoms with Crippen molar-refractivity contribution in [3.8, 4) is 0 Å². The van der Waals surface area contributed by atoms with Gasteiger partial charge in [-0.1, -0.05) is 0 Å². The molecule has 0 saturated carbocycles. The first kappa shape index (κ1) is 16.7. The molecule has 0 nitrogen and oxygen atoms in total. The maximum atomic E-state index is 2.67. The molecule has 0 rings (SSSR count). The third kappa shape index (κ3) is 11.2. The van der Waals surface area contributed by atoms with Crippen molar-refractivity contribution >= 4 is 27.6 Å². The van der Waals surface area contributed by atoms with E-state index >= 15 is 0 Å². The van der Waals surface area contributed by atoms with Gasteiger partial charge < -0.3 is 0 Å². The van der Waals surface area contributed by atoms with Gasteiger partial charge in [0.1, 0.15) is 0 Å². The summed E-state index contributed by atoms with van der Waals surface area (Å²) >= 11 is -0.911. The van der Waals surface area contributed by atoms with Crippen LogP contribution in [-0.2, 0) is 0 Å². The van der Waals surface area contributed by atoms with E-state index in [9.17, 15) is 0 Å². The van der Waals surface area contributed by atoms with Gasteiger partial charge in [0, 0.05) is 0 Å². The van der Waals surface area contributed by atoms with Gasteiger partial charge in [-0.3, -0.25) is 0 Å². The zero-order valence-electron chi connectivity index (χ0n) is 12.3. The summed E-state index contributed by atoms with van der Waals surface area (Å²) in [5.41, 5.74) is 0. The van der Waals surface area contributed by atoms with Crippen molar-refractivity contribution in [2.45, 2.75) is 62.3 Å². The van der Waals surface area contributed by atoms with Gasteiger partial charge in [-0.2, -0.15) is 0 Å². The third-order valence-corrected chi connectivity index (χ3v) is 11.5. The Morgan fingerprint density at radius 2 is 1.38 bits per heavy atom. The molecular weight excluding hydrogens is 324 g/mol. The summed E-state index contributed by atoms with van der Waals surface area (Å²) in [6.07, 6.45) is 2.54. The van der Waals surface area contributed by atoms with Crippen molar-refractivity contribution in [2.75, 3.05) is 0 Å². The van der Waals surface area contributed by atoms with E-state index in [0.717, 1.165) is 11.8 Å². The fraction of sp³-hybridized carbons (Fsp3) is 0.857. The molecule has 0 saturated heterocycles. The van der Waals surface area contributed by atoms with Crippen LogP contribution in [-0.4, -0.2) is 27.6 Å². The summed E-state index contributed by atoms with van der Waals surface area (Å²) in [5.74, 6) is 1.79. The molecule has 0 fully saturated rings. The predicted octanol–water partition coefficient (Wildman–Crippen LogP) is 5.23. The standard InChI is InChI=1S/C14H31SiTe/c1-13(2)11-16(12-14(3)4)10-8-9-15(5,6)7/h8,10,13-14H,9,11-12H2,1-7H3. The van der Waals surface area contributed by atoms with E-state index in [1.165, 1.54) is 15.0 Å². The molecule has 0 unspecified atom stereocenters. The van der Waals surface area contributed by atoms with E-state index < -0.39 is 27.6 Å². The van der Waals surface area contributed by atoms with Crippen LogP contribution in [0.3, 0.4) is 0 Å². The van der Waals surface area contributed by atoms with Crippen molar-refractivity contribution in [2.24, 2.45) is 11.8 Å². The van der Waals surface area contributed by atoms with Gasteiger partial charge >= 0.3 is 112 Å². The van der Waals surface area contributed by atoms with E-state index in [1.807, 2.05) is 0 Å². The van der Waals surface area contributed by atoms with Gasteiger partial charge in [-0.15, -0.1) is 0 Å². The third-order valence-electron chi connectivity index (χ3n) is 2.11. The van der Waals surface area contributed by atoms with Crippen molar-refractivity contribution in [3.05, 3.63) is 10.2 Å². The molecule has 16 heavy (non-hydrogen) atoms. The molecular formula is C14H31SiTe.